The molecule has 0 spiro atoms. The molecule has 7 heavy (non-hydrogen) atoms. The van der Waals surface area contributed by atoms with Crippen molar-refractivity contribution in [2.45, 2.75) is 0 Å². The molecule has 0 radical (unpaired) electrons. The second-order valence-electron chi connectivity index (χ2n) is 0.175. The summed E-state index contributed by atoms with van der Waals surface area (Å²) in [5.74, 6) is 0. The Morgan fingerprint density at radius 2 is 0.714 bits per heavy atom. The van der Waals surface area contributed by atoms with Gasteiger partial charge < -0.3 is 16.4 Å². The number of hydrogen-bond donors (Lipinski definition) is 0. The molecule has 0 unspecified atom stereocenters. The third kappa shape index (κ3) is 71.7. The van der Waals surface area contributed by atoms with E-state index in [1.807, 2.05) is 0 Å². The van der Waals surface area contributed by atoms with Crippen LogP contribution in [0.4, 0.5) is 0 Å². The molecule has 0 saturated carbocycles. The first-order chi connectivity index (χ1) is 1.73. The Morgan fingerprint density at radius 1 is 0.714 bits per heavy atom. The first-order valence-corrected chi connectivity index (χ1v) is 14.2. The van der Waals surface area contributed by atoms with E-state index in [1.165, 1.54) is 0 Å². The summed E-state index contributed by atoms with van der Waals surface area (Å²) in [6.45, 7) is 0. The quantitative estimate of drug-likeness (QED) is 0.524. The van der Waals surface area contributed by atoms with E-state index in [-0.39, 0.29) is 16.4 Å². The topological polar surface area (TPSA) is 94.5 Å². The number of halogens is 3. The van der Waals surface area contributed by atoms with Gasteiger partial charge in [0.05, 0.1) is 0 Å². The Morgan fingerprint density at radius 3 is 0.714 bits per heavy atom. The summed E-state index contributed by atoms with van der Waals surface area (Å²) >= 11 is 8.90. The molecule has 6 N–H and O–H groups in total. The molecule has 0 aromatic rings. The maximum absolute atomic E-state index is 3.27. The van der Waals surface area contributed by atoms with Crippen molar-refractivity contribution >= 4 is 39.9 Å². The second kappa shape index (κ2) is 15.7. The van der Waals surface area contributed by atoms with Gasteiger partial charge in [0.15, 0.2) is 0 Å². The van der Waals surface area contributed by atoms with Gasteiger partial charge in [-0.05, 0) is 0 Å². The average molecular weight is 390 g/mol. The van der Waals surface area contributed by atoms with Crippen molar-refractivity contribution in [1.29, 1.82) is 0 Å². The van der Waals surface area contributed by atoms with Gasteiger partial charge in [-0.2, -0.15) is 0 Å². The van der Waals surface area contributed by atoms with Crippen LogP contribution in [0.3, 0.4) is 0 Å². The van der Waals surface area contributed by atoms with Crippen molar-refractivity contribution in [3.63, 3.8) is 0 Å². The summed E-state index contributed by atoms with van der Waals surface area (Å²) in [5, 5.41) is 0. The van der Waals surface area contributed by atoms with E-state index in [2.05, 4.69) is 39.9 Å². The van der Waals surface area contributed by atoms with Crippen LogP contribution in [0.25, 0.3) is 0 Å². The summed E-state index contributed by atoms with van der Waals surface area (Å²) in [7, 11) is 0. The van der Waals surface area contributed by atoms with Crippen LogP contribution < -0.4 is 0 Å². The van der Waals surface area contributed by atoms with Crippen molar-refractivity contribution < 1.29 is 27.6 Å². The molecule has 51 valence electrons. The van der Waals surface area contributed by atoms with Crippen molar-refractivity contribution in [3.8, 4) is 0 Å². The first kappa shape index (κ1) is 23.0. The Hall–Kier alpha value is 2.01. The third-order valence-electron chi connectivity index (χ3n) is 0. The van der Waals surface area contributed by atoms with Crippen LogP contribution in [0.15, 0.2) is 0 Å². The molecule has 0 aliphatic carbocycles. The van der Waals surface area contributed by atoms with Gasteiger partial charge in [-0.15, -0.1) is 0 Å². The van der Waals surface area contributed by atoms with E-state index >= 15 is 0 Å². The zero-order valence-electron chi connectivity index (χ0n) is 3.04. The SMILES string of the molecule is O.O.O.[Br][Mo]([Br])[Br]. The Labute approximate surface area is 66.8 Å². The summed E-state index contributed by atoms with van der Waals surface area (Å²) in [6, 6.07) is 0. The Bertz CT molecular complexity index is 14.9. The fourth-order valence-electron chi connectivity index (χ4n) is 0. The van der Waals surface area contributed by atoms with Gasteiger partial charge in [0.25, 0.3) is 0 Å². The molecule has 7 heteroatoms. The van der Waals surface area contributed by atoms with Gasteiger partial charge in [-0.1, -0.05) is 0 Å². The molecule has 0 bridgehead atoms. The molecule has 3 nitrogen and oxygen atoms in total. The zero-order valence-corrected chi connectivity index (χ0v) is 9.81. The van der Waals surface area contributed by atoms with E-state index in [1.54, 1.807) is 0 Å². The third-order valence-corrected chi connectivity index (χ3v) is 0. The van der Waals surface area contributed by atoms with E-state index in [9.17, 15) is 0 Å². The van der Waals surface area contributed by atoms with Crippen LogP contribution in [0, 0.1) is 0 Å². The fraction of sp³-hybridized carbons (Fsp3) is 0. The normalized spacial score (nSPS) is 5.14. The van der Waals surface area contributed by atoms with Crippen LogP contribution in [-0.4, -0.2) is 16.4 Å². The molecule has 0 aliphatic heterocycles. The van der Waals surface area contributed by atoms with E-state index in [4.69, 9.17) is 0 Å². The fourth-order valence-corrected chi connectivity index (χ4v) is 0. The molecule has 0 fully saturated rings. The molecule has 0 aromatic carbocycles. The molecule has 0 atom stereocenters. The molecule has 0 aromatic heterocycles. The Balaban J connectivity index is -0.0000000150. The Kier molecular flexibility index (Phi) is 51.6. The van der Waals surface area contributed by atoms with Crippen LogP contribution in [-0.2, 0) is 11.1 Å². The molecular formula is H6Br3MoO3. The van der Waals surface area contributed by atoms with Gasteiger partial charge in [-0.3, -0.25) is 0 Å². The van der Waals surface area contributed by atoms with Gasteiger partial charge in [-0.25, -0.2) is 0 Å². The average Bonchev–Trinajstić information content (AvgIpc) is 0.811. The van der Waals surface area contributed by atoms with Crippen molar-refractivity contribution in [3.05, 3.63) is 0 Å². The van der Waals surface area contributed by atoms with E-state index < -0.39 is 11.1 Å². The second-order valence-corrected chi connectivity index (χ2v) is 27.9. The molecular weight excluding hydrogens is 384 g/mol. The minimum atomic E-state index is -0.919. The number of rotatable bonds is 0. The maximum atomic E-state index is 3.27. The van der Waals surface area contributed by atoms with Crippen molar-refractivity contribution in [2.75, 3.05) is 0 Å². The van der Waals surface area contributed by atoms with E-state index in [0.29, 0.717) is 0 Å². The molecule has 0 rings (SSSR count). The minimum absolute atomic E-state index is 0. The van der Waals surface area contributed by atoms with Gasteiger partial charge in [0.1, 0.15) is 0 Å². The van der Waals surface area contributed by atoms with Gasteiger partial charge >= 0.3 is 51.0 Å². The van der Waals surface area contributed by atoms with Crippen LogP contribution >= 0.6 is 39.9 Å². The summed E-state index contributed by atoms with van der Waals surface area (Å²) in [5.41, 5.74) is 0. The predicted octanol–water partition coefficient (Wildman–Crippen LogP) is 0.0602. The van der Waals surface area contributed by atoms with Crippen LogP contribution in [0.2, 0.25) is 0 Å². The summed E-state index contributed by atoms with van der Waals surface area (Å²) in [6.07, 6.45) is 0. The first-order valence-electron chi connectivity index (χ1n) is 0.463. The van der Waals surface area contributed by atoms with Gasteiger partial charge in [0.2, 0.25) is 0 Å². The standard InChI is InChI=1S/3BrH.Mo.3H2O/h3*1H;;3*1H2/q;;;+3;;;/p-3. The zero-order chi connectivity index (χ0) is 3.58. The van der Waals surface area contributed by atoms with Gasteiger partial charge in [0, 0.05) is 0 Å². The summed E-state index contributed by atoms with van der Waals surface area (Å²) < 4.78 is 0. The molecule has 0 amide bonds. The van der Waals surface area contributed by atoms with Crippen LogP contribution in [0.1, 0.15) is 0 Å². The summed E-state index contributed by atoms with van der Waals surface area (Å²) in [4.78, 5) is 0. The monoisotopic (exact) mass is 389 g/mol. The van der Waals surface area contributed by atoms with Crippen molar-refractivity contribution in [1.82, 2.24) is 0 Å². The predicted molar refractivity (Wildman–Crippen MR) is 37.6 cm³/mol. The van der Waals surface area contributed by atoms with Crippen LogP contribution in [0.5, 0.6) is 0 Å². The number of hydrogen-bond acceptors (Lipinski definition) is 0. The molecule has 0 aliphatic rings. The molecule has 0 heterocycles. The van der Waals surface area contributed by atoms with E-state index in [0.717, 1.165) is 0 Å². The van der Waals surface area contributed by atoms with Crippen molar-refractivity contribution in [2.24, 2.45) is 0 Å². The molecule has 0 saturated heterocycles.